The summed E-state index contributed by atoms with van der Waals surface area (Å²) in [6.07, 6.45) is 3.75. The van der Waals surface area contributed by atoms with Crippen LogP contribution in [0.1, 0.15) is 26.7 Å². The van der Waals surface area contributed by atoms with Gasteiger partial charge >= 0.3 is 0 Å². The number of carbonyl (C=O) groups excluding carboxylic acids is 1. The van der Waals surface area contributed by atoms with Gasteiger partial charge in [-0.1, -0.05) is 49.9 Å². The highest BCUT2D eigenvalue weighted by Gasteiger charge is 2.68. The molecular weight excluding hydrogens is 308 g/mol. The van der Waals surface area contributed by atoms with E-state index in [1.54, 1.807) is 18.9 Å². The number of rotatable bonds is 6. The SMILES string of the molecule is COCO[C@@H]1C(=O)[C@@]2(/C=C\Sc3ccccc3)CC[C@H]1C2(C)C. The average molecular weight is 332 g/mol. The molecule has 0 heterocycles. The fraction of sp³-hybridized carbons (Fsp3) is 0.526. The molecule has 0 aliphatic heterocycles. The van der Waals surface area contributed by atoms with Crippen LogP contribution in [0.5, 0.6) is 0 Å². The van der Waals surface area contributed by atoms with Crippen molar-refractivity contribution < 1.29 is 14.3 Å². The summed E-state index contributed by atoms with van der Waals surface area (Å²) in [4.78, 5) is 14.2. The molecule has 3 atom stereocenters. The zero-order valence-electron chi connectivity index (χ0n) is 14.0. The minimum absolute atomic E-state index is 0.0732. The number of allylic oxidation sites excluding steroid dienone is 1. The Bertz CT molecular complexity index is 596. The number of methoxy groups -OCH3 is 1. The van der Waals surface area contributed by atoms with E-state index in [2.05, 4.69) is 37.5 Å². The van der Waals surface area contributed by atoms with Crippen LogP contribution < -0.4 is 0 Å². The normalized spacial score (nSPS) is 32.0. The predicted molar refractivity (Wildman–Crippen MR) is 92.1 cm³/mol. The average Bonchev–Trinajstić information content (AvgIpc) is 2.88. The van der Waals surface area contributed by atoms with E-state index in [1.807, 2.05) is 18.2 Å². The van der Waals surface area contributed by atoms with E-state index >= 15 is 0 Å². The van der Waals surface area contributed by atoms with Crippen molar-refractivity contribution in [2.24, 2.45) is 16.7 Å². The van der Waals surface area contributed by atoms with E-state index < -0.39 is 5.41 Å². The first kappa shape index (κ1) is 16.7. The van der Waals surface area contributed by atoms with Crippen molar-refractivity contribution in [2.75, 3.05) is 13.9 Å². The van der Waals surface area contributed by atoms with Crippen molar-refractivity contribution in [1.82, 2.24) is 0 Å². The van der Waals surface area contributed by atoms with Gasteiger partial charge in [-0.15, -0.1) is 0 Å². The van der Waals surface area contributed by atoms with Crippen LogP contribution in [0, 0.1) is 16.7 Å². The molecule has 0 amide bonds. The number of thioether (sulfide) groups is 1. The van der Waals surface area contributed by atoms with Crippen LogP contribution in [0.2, 0.25) is 0 Å². The molecule has 23 heavy (non-hydrogen) atoms. The highest BCUT2D eigenvalue weighted by Crippen LogP contribution is 2.65. The summed E-state index contributed by atoms with van der Waals surface area (Å²) in [5, 5.41) is 2.08. The molecule has 0 radical (unpaired) electrons. The van der Waals surface area contributed by atoms with Crippen LogP contribution in [0.15, 0.2) is 46.7 Å². The molecule has 3 nitrogen and oxygen atoms in total. The van der Waals surface area contributed by atoms with Gasteiger partial charge in [0.1, 0.15) is 12.9 Å². The molecule has 0 saturated heterocycles. The van der Waals surface area contributed by atoms with Crippen LogP contribution in [0.4, 0.5) is 0 Å². The van der Waals surface area contributed by atoms with Gasteiger partial charge < -0.3 is 9.47 Å². The van der Waals surface area contributed by atoms with E-state index in [4.69, 9.17) is 9.47 Å². The van der Waals surface area contributed by atoms with Crippen LogP contribution in [-0.4, -0.2) is 25.8 Å². The van der Waals surface area contributed by atoms with E-state index in [-0.39, 0.29) is 30.0 Å². The van der Waals surface area contributed by atoms with Gasteiger partial charge in [-0.25, -0.2) is 0 Å². The summed E-state index contributed by atoms with van der Waals surface area (Å²) in [7, 11) is 1.59. The van der Waals surface area contributed by atoms with Crippen molar-refractivity contribution in [2.45, 2.75) is 37.7 Å². The monoisotopic (exact) mass is 332 g/mol. The van der Waals surface area contributed by atoms with Crippen molar-refractivity contribution >= 4 is 17.5 Å². The lowest BCUT2D eigenvalue weighted by Crippen LogP contribution is -2.37. The molecule has 2 fully saturated rings. The van der Waals surface area contributed by atoms with E-state index in [0.29, 0.717) is 0 Å². The zero-order chi connectivity index (χ0) is 16.5. The van der Waals surface area contributed by atoms with Gasteiger partial charge in [-0.05, 0) is 41.7 Å². The lowest BCUT2D eigenvalue weighted by molar-refractivity contribution is -0.146. The standard InChI is InChI=1S/C19H24O3S/c1-18(2)15-9-10-19(18,17(20)16(15)22-13-21-3)11-12-23-14-7-5-4-6-8-14/h4-8,11-12,15-16H,9-10,13H2,1-3H3/b12-11-/t15-,16+,19+/m1/s1. The first-order valence-corrected chi connectivity index (χ1v) is 8.95. The molecule has 0 unspecified atom stereocenters. The number of ketones is 1. The molecule has 1 aromatic carbocycles. The van der Waals surface area contributed by atoms with E-state index in [1.165, 1.54) is 4.90 Å². The number of benzene rings is 1. The third-order valence-electron chi connectivity index (χ3n) is 5.66. The lowest BCUT2D eigenvalue weighted by atomic mass is 9.69. The Morgan fingerprint density at radius 3 is 2.74 bits per heavy atom. The molecule has 3 rings (SSSR count). The van der Waals surface area contributed by atoms with Crippen molar-refractivity contribution in [3.8, 4) is 0 Å². The highest BCUT2D eigenvalue weighted by atomic mass is 32.2. The highest BCUT2D eigenvalue weighted by molar-refractivity contribution is 8.02. The number of fused-ring (bicyclic) bond motifs is 2. The Balaban J connectivity index is 1.80. The van der Waals surface area contributed by atoms with Crippen molar-refractivity contribution in [3.63, 3.8) is 0 Å². The Labute approximate surface area is 142 Å². The molecule has 124 valence electrons. The summed E-state index contributed by atoms with van der Waals surface area (Å²) in [6.45, 7) is 4.59. The van der Waals surface area contributed by atoms with Crippen molar-refractivity contribution in [3.05, 3.63) is 41.8 Å². The minimum atomic E-state index is -0.405. The van der Waals surface area contributed by atoms with Gasteiger partial charge in [-0.2, -0.15) is 0 Å². The molecule has 0 aromatic heterocycles. The zero-order valence-corrected chi connectivity index (χ0v) is 14.8. The molecular formula is C19H24O3S. The molecule has 1 aromatic rings. The Morgan fingerprint density at radius 1 is 1.30 bits per heavy atom. The first-order valence-electron chi connectivity index (χ1n) is 8.07. The second-order valence-corrected chi connectivity index (χ2v) is 7.91. The second kappa shape index (κ2) is 6.42. The number of carbonyl (C=O) groups is 1. The Morgan fingerprint density at radius 2 is 2.04 bits per heavy atom. The summed E-state index contributed by atoms with van der Waals surface area (Å²) in [5.41, 5.74) is -0.478. The molecule has 4 heteroatoms. The van der Waals surface area contributed by atoms with Gasteiger partial charge in [0.25, 0.3) is 0 Å². The topological polar surface area (TPSA) is 35.5 Å². The number of ether oxygens (including phenoxy) is 2. The van der Waals surface area contributed by atoms with Gasteiger partial charge in [-0.3, -0.25) is 4.79 Å². The first-order chi connectivity index (χ1) is 11.0. The quantitative estimate of drug-likeness (QED) is 0.575. The van der Waals surface area contributed by atoms with Crippen LogP contribution >= 0.6 is 11.8 Å². The Kier molecular flexibility index (Phi) is 4.68. The summed E-state index contributed by atoms with van der Waals surface area (Å²) in [6, 6.07) is 10.2. The van der Waals surface area contributed by atoms with E-state index in [0.717, 1.165) is 12.8 Å². The van der Waals surface area contributed by atoms with Crippen molar-refractivity contribution in [1.29, 1.82) is 0 Å². The van der Waals surface area contributed by atoms with Crippen LogP contribution in [0.3, 0.4) is 0 Å². The summed E-state index contributed by atoms with van der Waals surface area (Å²) in [5.74, 6) is 0.497. The maximum absolute atomic E-state index is 13.0. The maximum Gasteiger partial charge on any atom is 0.172 e. The largest absolute Gasteiger partial charge is 0.359 e. The molecule has 2 aliphatic rings. The predicted octanol–water partition coefficient (Wildman–Crippen LogP) is 4.29. The number of hydrogen-bond acceptors (Lipinski definition) is 4. The fourth-order valence-electron chi connectivity index (χ4n) is 4.25. The number of Topliss-reactive ketones (excluding diaryl/α,β-unsaturated/α-hetero) is 1. The third-order valence-corrected chi connectivity index (χ3v) is 6.47. The molecule has 2 bridgehead atoms. The second-order valence-electron chi connectivity index (χ2n) is 6.93. The molecule has 0 N–H and O–H groups in total. The molecule has 0 spiro atoms. The minimum Gasteiger partial charge on any atom is -0.359 e. The van der Waals surface area contributed by atoms with Gasteiger partial charge in [0.2, 0.25) is 0 Å². The lowest BCUT2D eigenvalue weighted by Gasteiger charge is -2.33. The molecule has 2 saturated carbocycles. The van der Waals surface area contributed by atoms with Gasteiger partial charge in [0, 0.05) is 12.0 Å². The van der Waals surface area contributed by atoms with Crippen LogP contribution in [0.25, 0.3) is 0 Å². The smallest absolute Gasteiger partial charge is 0.172 e. The molecule has 2 aliphatic carbocycles. The Hall–Kier alpha value is -1.10. The van der Waals surface area contributed by atoms with Gasteiger partial charge in [0.15, 0.2) is 5.78 Å². The summed E-state index contributed by atoms with van der Waals surface area (Å²) >= 11 is 1.66. The third kappa shape index (κ3) is 2.67. The fourth-order valence-corrected chi connectivity index (χ4v) is 5.02. The number of hydrogen-bond donors (Lipinski definition) is 0. The van der Waals surface area contributed by atoms with E-state index in [9.17, 15) is 4.79 Å². The van der Waals surface area contributed by atoms with Crippen LogP contribution in [-0.2, 0) is 14.3 Å². The summed E-state index contributed by atoms with van der Waals surface area (Å²) < 4.78 is 10.7. The van der Waals surface area contributed by atoms with Gasteiger partial charge in [0.05, 0.1) is 5.41 Å². The maximum atomic E-state index is 13.0.